The number of rotatable bonds is 5. The van der Waals surface area contributed by atoms with Gasteiger partial charge in [-0.25, -0.2) is 0 Å². The Morgan fingerprint density at radius 2 is 1.68 bits per heavy atom. The SMILES string of the molecule is OCC(Cc1ccccc1Cl)Cc1ccncc1Cl. The highest BCUT2D eigenvalue weighted by Crippen LogP contribution is 2.23. The molecule has 2 nitrogen and oxygen atoms in total. The van der Waals surface area contributed by atoms with Gasteiger partial charge in [-0.1, -0.05) is 41.4 Å². The molecular weight excluding hydrogens is 281 g/mol. The average molecular weight is 296 g/mol. The van der Waals surface area contributed by atoms with Crippen molar-refractivity contribution in [1.29, 1.82) is 0 Å². The maximum atomic E-state index is 9.53. The van der Waals surface area contributed by atoms with E-state index in [9.17, 15) is 5.11 Å². The van der Waals surface area contributed by atoms with Crippen LogP contribution in [0.5, 0.6) is 0 Å². The fourth-order valence-corrected chi connectivity index (χ4v) is 2.47. The van der Waals surface area contributed by atoms with Crippen molar-refractivity contribution >= 4 is 23.2 Å². The number of benzene rings is 1. The lowest BCUT2D eigenvalue weighted by Gasteiger charge is -2.15. The highest BCUT2D eigenvalue weighted by molar-refractivity contribution is 6.31. The molecule has 0 saturated heterocycles. The van der Waals surface area contributed by atoms with E-state index in [2.05, 4.69) is 4.98 Å². The van der Waals surface area contributed by atoms with E-state index in [1.807, 2.05) is 30.3 Å². The van der Waals surface area contributed by atoms with Crippen LogP contribution in [0.15, 0.2) is 42.7 Å². The van der Waals surface area contributed by atoms with Gasteiger partial charge in [-0.2, -0.15) is 0 Å². The highest BCUT2D eigenvalue weighted by Gasteiger charge is 2.13. The summed E-state index contributed by atoms with van der Waals surface area (Å²) in [6, 6.07) is 9.59. The minimum absolute atomic E-state index is 0.0970. The maximum Gasteiger partial charge on any atom is 0.0621 e. The van der Waals surface area contributed by atoms with Crippen LogP contribution in [0.3, 0.4) is 0 Å². The minimum Gasteiger partial charge on any atom is -0.396 e. The van der Waals surface area contributed by atoms with Crippen LogP contribution in [0.2, 0.25) is 10.0 Å². The largest absolute Gasteiger partial charge is 0.396 e. The molecule has 0 aliphatic rings. The van der Waals surface area contributed by atoms with E-state index < -0.39 is 0 Å². The van der Waals surface area contributed by atoms with Crippen molar-refractivity contribution in [2.45, 2.75) is 12.8 Å². The number of halogens is 2. The molecule has 0 radical (unpaired) electrons. The Morgan fingerprint density at radius 1 is 1.00 bits per heavy atom. The van der Waals surface area contributed by atoms with Crippen molar-refractivity contribution in [3.63, 3.8) is 0 Å². The highest BCUT2D eigenvalue weighted by atomic mass is 35.5. The van der Waals surface area contributed by atoms with E-state index in [4.69, 9.17) is 23.2 Å². The second-order valence-corrected chi connectivity index (χ2v) is 5.33. The van der Waals surface area contributed by atoms with Gasteiger partial charge >= 0.3 is 0 Å². The van der Waals surface area contributed by atoms with Crippen molar-refractivity contribution in [3.8, 4) is 0 Å². The third-order valence-electron chi connectivity index (χ3n) is 3.09. The van der Waals surface area contributed by atoms with Crippen molar-refractivity contribution in [3.05, 3.63) is 63.9 Å². The van der Waals surface area contributed by atoms with Crippen LogP contribution in [0, 0.1) is 5.92 Å². The van der Waals surface area contributed by atoms with Gasteiger partial charge in [0.1, 0.15) is 0 Å². The molecule has 0 fully saturated rings. The number of aliphatic hydroxyl groups is 1. The van der Waals surface area contributed by atoms with Gasteiger partial charge in [-0.15, -0.1) is 0 Å². The molecule has 4 heteroatoms. The molecule has 1 N–H and O–H groups in total. The summed E-state index contributed by atoms with van der Waals surface area (Å²) in [6.07, 6.45) is 4.78. The number of hydrogen-bond donors (Lipinski definition) is 1. The molecule has 1 heterocycles. The van der Waals surface area contributed by atoms with Gasteiger partial charge in [-0.3, -0.25) is 4.98 Å². The first-order valence-electron chi connectivity index (χ1n) is 6.13. The van der Waals surface area contributed by atoms with Gasteiger partial charge in [0.2, 0.25) is 0 Å². The second kappa shape index (κ2) is 6.90. The first-order valence-corrected chi connectivity index (χ1v) is 6.89. The van der Waals surface area contributed by atoms with Crippen LogP contribution in [-0.2, 0) is 12.8 Å². The summed E-state index contributed by atoms with van der Waals surface area (Å²) in [5.41, 5.74) is 2.05. The van der Waals surface area contributed by atoms with Crippen LogP contribution in [0.4, 0.5) is 0 Å². The molecule has 0 aliphatic heterocycles. The summed E-state index contributed by atoms with van der Waals surface area (Å²) in [4.78, 5) is 3.96. The van der Waals surface area contributed by atoms with Gasteiger partial charge in [0.25, 0.3) is 0 Å². The summed E-state index contributed by atoms with van der Waals surface area (Å²) >= 11 is 12.2. The smallest absolute Gasteiger partial charge is 0.0621 e. The number of pyridine rings is 1. The Hall–Kier alpha value is -1.09. The Bertz CT molecular complexity index is 498. The fourth-order valence-electron chi connectivity index (χ4n) is 2.06. The first kappa shape index (κ1) is 14.3. The number of hydrogen-bond acceptors (Lipinski definition) is 2. The third-order valence-corrected chi connectivity index (χ3v) is 3.80. The fraction of sp³-hybridized carbons (Fsp3) is 0.267. The molecular formula is C15H15Cl2NO. The molecule has 1 atom stereocenters. The number of aromatic nitrogens is 1. The third kappa shape index (κ3) is 3.93. The lowest BCUT2D eigenvalue weighted by molar-refractivity contribution is 0.225. The molecule has 1 aromatic carbocycles. The Morgan fingerprint density at radius 3 is 2.32 bits per heavy atom. The van der Waals surface area contributed by atoms with Crippen LogP contribution < -0.4 is 0 Å². The molecule has 0 saturated carbocycles. The van der Waals surface area contributed by atoms with Crippen molar-refractivity contribution in [2.24, 2.45) is 5.92 Å². The standard InChI is InChI=1S/C15H15Cl2NO/c16-14-4-2-1-3-12(14)7-11(10-19)8-13-5-6-18-9-15(13)17/h1-6,9,11,19H,7-8,10H2. The zero-order valence-corrected chi connectivity index (χ0v) is 11.9. The normalized spacial score (nSPS) is 12.4. The lowest BCUT2D eigenvalue weighted by atomic mass is 9.93. The van der Waals surface area contributed by atoms with E-state index in [1.54, 1.807) is 12.4 Å². The van der Waals surface area contributed by atoms with Gasteiger partial charge in [0, 0.05) is 24.0 Å². The summed E-state index contributed by atoms with van der Waals surface area (Å²) in [6.45, 7) is 0.101. The predicted octanol–water partition coefficient (Wildman–Crippen LogP) is 3.78. The summed E-state index contributed by atoms with van der Waals surface area (Å²) in [5.74, 6) is 0.0970. The summed E-state index contributed by atoms with van der Waals surface area (Å²) in [7, 11) is 0. The molecule has 19 heavy (non-hydrogen) atoms. The molecule has 1 aromatic heterocycles. The van der Waals surface area contributed by atoms with Crippen LogP contribution in [0.1, 0.15) is 11.1 Å². The van der Waals surface area contributed by atoms with E-state index in [1.165, 1.54) is 0 Å². The molecule has 0 aliphatic carbocycles. The Labute approximate surface area is 123 Å². The zero-order chi connectivity index (χ0) is 13.7. The summed E-state index contributed by atoms with van der Waals surface area (Å²) < 4.78 is 0. The van der Waals surface area contributed by atoms with Crippen molar-refractivity contribution < 1.29 is 5.11 Å². The van der Waals surface area contributed by atoms with Gasteiger partial charge in [0.15, 0.2) is 0 Å². The van der Waals surface area contributed by atoms with E-state index in [-0.39, 0.29) is 12.5 Å². The number of nitrogens with zero attached hydrogens (tertiary/aromatic N) is 1. The van der Waals surface area contributed by atoms with Crippen LogP contribution >= 0.6 is 23.2 Å². The van der Waals surface area contributed by atoms with Gasteiger partial charge in [0.05, 0.1) is 5.02 Å². The zero-order valence-electron chi connectivity index (χ0n) is 10.4. The number of aliphatic hydroxyl groups excluding tert-OH is 1. The molecule has 0 amide bonds. The van der Waals surface area contributed by atoms with Crippen LogP contribution in [0.25, 0.3) is 0 Å². The summed E-state index contributed by atoms with van der Waals surface area (Å²) in [5, 5.41) is 10.9. The first-order chi connectivity index (χ1) is 9.20. The minimum atomic E-state index is 0.0970. The van der Waals surface area contributed by atoms with Gasteiger partial charge < -0.3 is 5.11 Å². The van der Waals surface area contributed by atoms with Gasteiger partial charge in [-0.05, 0) is 42.0 Å². The average Bonchev–Trinajstić information content (AvgIpc) is 2.42. The molecule has 0 bridgehead atoms. The molecule has 0 spiro atoms. The molecule has 100 valence electrons. The Balaban J connectivity index is 2.09. The second-order valence-electron chi connectivity index (χ2n) is 4.52. The topological polar surface area (TPSA) is 33.1 Å². The Kier molecular flexibility index (Phi) is 5.20. The van der Waals surface area contributed by atoms with E-state index in [0.717, 1.165) is 22.6 Å². The quantitative estimate of drug-likeness (QED) is 0.910. The lowest BCUT2D eigenvalue weighted by Crippen LogP contribution is -2.13. The molecule has 2 aromatic rings. The van der Waals surface area contributed by atoms with E-state index in [0.29, 0.717) is 11.4 Å². The monoisotopic (exact) mass is 295 g/mol. The molecule has 2 rings (SSSR count). The predicted molar refractivity (Wildman–Crippen MR) is 78.7 cm³/mol. The molecule has 1 unspecified atom stereocenters. The van der Waals surface area contributed by atoms with Crippen molar-refractivity contribution in [1.82, 2.24) is 4.98 Å². The maximum absolute atomic E-state index is 9.53. The van der Waals surface area contributed by atoms with Crippen LogP contribution in [-0.4, -0.2) is 16.7 Å². The van der Waals surface area contributed by atoms with E-state index >= 15 is 0 Å². The van der Waals surface area contributed by atoms with Crippen molar-refractivity contribution in [2.75, 3.05) is 6.61 Å².